The third-order valence-corrected chi connectivity index (χ3v) is 1.93. The minimum atomic E-state index is -2.72. The van der Waals surface area contributed by atoms with Gasteiger partial charge in [0.25, 0.3) is 6.43 Å². The summed E-state index contributed by atoms with van der Waals surface area (Å²) in [5.41, 5.74) is -0.0267. The molecule has 0 bridgehead atoms. The van der Waals surface area contributed by atoms with Crippen LogP contribution in [0, 0.1) is 18.3 Å². The fraction of sp³-hybridized carbons (Fsp3) is 0.333. The molecule has 1 aromatic rings. The minimum Gasteiger partial charge on any atom is -0.506 e. The van der Waals surface area contributed by atoms with Crippen LogP contribution >= 0.6 is 0 Å². The van der Waals surface area contributed by atoms with Gasteiger partial charge in [-0.1, -0.05) is 0 Å². The number of alkyl halides is 2. The predicted molar refractivity (Wildman–Crippen MR) is 44.9 cm³/mol. The van der Waals surface area contributed by atoms with E-state index in [9.17, 15) is 13.9 Å². The monoisotopic (exact) mass is 198 g/mol. The molecule has 0 aliphatic rings. The van der Waals surface area contributed by atoms with Gasteiger partial charge >= 0.3 is 0 Å². The van der Waals surface area contributed by atoms with Crippen molar-refractivity contribution in [3.8, 4) is 11.8 Å². The molecular weight excluding hydrogens is 190 g/mol. The second-order valence-electron chi connectivity index (χ2n) is 2.77. The van der Waals surface area contributed by atoms with E-state index in [1.807, 2.05) is 0 Å². The third kappa shape index (κ3) is 1.79. The average Bonchev–Trinajstić information content (AvgIpc) is 2.13. The Labute approximate surface area is 79.6 Å². The molecule has 0 aromatic carbocycles. The molecule has 0 spiro atoms. The van der Waals surface area contributed by atoms with E-state index in [1.54, 1.807) is 6.07 Å². The zero-order valence-electron chi connectivity index (χ0n) is 7.46. The molecular formula is C9H8F2N2O. The van der Waals surface area contributed by atoms with Crippen molar-refractivity contribution in [2.45, 2.75) is 19.8 Å². The number of hydrogen-bond acceptors (Lipinski definition) is 3. The molecule has 0 saturated heterocycles. The van der Waals surface area contributed by atoms with Crippen LogP contribution in [0.25, 0.3) is 0 Å². The highest BCUT2D eigenvalue weighted by atomic mass is 19.3. The fourth-order valence-electron chi connectivity index (χ4n) is 1.14. The van der Waals surface area contributed by atoms with Gasteiger partial charge in [-0.05, 0) is 12.5 Å². The minimum absolute atomic E-state index is 0.113. The Morgan fingerprint density at radius 1 is 1.64 bits per heavy atom. The van der Waals surface area contributed by atoms with Crippen LogP contribution < -0.4 is 0 Å². The van der Waals surface area contributed by atoms with Crippen molar-refractivity contribution >= 4 is 0 Å². The molecule has 0 amide bonds. The van der Waals surface area contributed by atoms with Gasteiger partial charge < -0.3 is 5.11 Å². The molecule has 1 rings (SSSR count). The summed E-state index contributed by atoms with van der Waals surface area (Å²) in [6.07, 6.45) is -1.93. The molecule has 1 N–H and O–H groups in total. The first-order valence-electron chi connectivity index (χ1n) is 3.90. The first-order valence-corrected chi connectivity index (χ1v) is 3.90. The van der Waals surface area contributed by atoms with E-state index < -0.39 is 12.1 Å². The number of aromatic hydroxyl groups is 1. The van der Waals surface area contributed by atoms with Crippen molar-refractivity contribution in [1.82, 2.24) is 4.98 Å². The van der Waals surface area contributed by atoms with E-state index in [1.165, 1.54) is 6.92 Å². The van der Waals surface area contributed by atoms with Crippen LogP contribution in [0.2, 0.25) is 0 Å². The van der Waals surface area contributed by atoms with Crippen LogP contribution in [0.4, 0.5) is 8.78 Å². The van der Waals surface area contributed by atoms with E-state index in [-0.39, 0.29) is 23.3 Å². The second-order valence-corrected chi connectivity index (χ2v) is 2.77. The molecule has 0 aliphatic carbocycles. The van der Waals surface area contributed by atoms with E-state index >= 15 is 0 Å². The molecule has 0 unspecified atom stereocenters. The molecule has 3 nitrogen and oxygen atoms in total. The Morgan fingerprint density at radius 3 is 2.79 bits per heavy atom. The smallest absolute Gasteiger partial charge is 0.280 e. The van der Waals surface area contributed by atoms with Gasteiger partial charge in [-0.3, -0.25) is 4.98 Å². The Hall–Kier alpha value is -1.70. The fourth-order valence-corrected chi connectivity index (χ4v) is 1.14. The Bertz CT molecular complexity index is 385. The zero-order valence-corrected chi connectivity index (χ0v) is 7.46. The number of pyridine rings is 1. The first-order chi connectivity index (χ1) is 6.57. The maximum absolute atomic E-state index is 12.4. The van der Waals surface area contributed by atoms with Crippen molar-refractivity contribution < 1.29 is 13.9 Å². The van der Waals surface area contributed by atoms with Crippen molar-refractivity contribution in [3.05, 3.63) is 23.0 Å². The molecule has 0 atom stereocenters. The lowest BCUT2D eigenvalue weighted by atomic mass is 10.0. The van der Waals surface area contributed by atoms with Gasteiger partial charge in [-0.2, -0.15) is 5.26 Å². The summed E-state index contributed by atoms with van der Waals surface area (Å²) in [7, 11) is 0. The largest absolute Gasteiger partial charge is 0.506 e. The maximum Gasteiger partial charge on any atom is 0.280 e. The lowest BCUT2D eigenvalue weighted by Gasteiger charge is -2.09. The normalized spacial score (nSPS) is 10.2. The quantitative estimate of drug-likeness (QED) is 0.791. The van der Waals surface area contributed by atoms with E-state index in [0.717, 1.165) is 6.20 Å². The number of rotatable bonds is 2. The summed E-state index contributed by atoms with van der Waals surface area (Å²) < 4.78 is 24.8. The molecule has 5 heteroatoms. The van der Waals surface area contributed by atoms with Gasteiger partial charge in [-0.15, -0.1) is 0 Å². The zero-order chi connectivity index (χ0) is 10.7. The second kappa shape index (κ2) is 4.01. The summed E-state index contributed by atoms with van der Waals surface area (Å²) in [5, 5.41) is 17.7. The topological polar surface area (TPSA) is 56.9 Å². The number of aromatic nitrogens is 1. The molecule has 0 fully saturated rings. The van der Waals surface area contributed by atoms with Crippen molar-refractivity contribution in [3.63, 3.8) is 0 Å². The molecule has 1 heterocycles. The standard InChI is InChI=1S/C9H8F2N2O/c1-5-6(2-3-12)8(9(10)11)13-4-7(5)14/h4,9,14H,2H2,1H3. The highest BCUT2D eigenvalue weighted by Gasteiger charge is 2.18. The number of nitrogens with zero attached hydrogens (tertiary/aromatic N) is 2. The van der Waals surface area contributed by atoms with Gasteiger partial charge in [0.1, 0.15) is 11.4 Å². The maximum atomic E-state index is 12.4. The van der Waals surface area contributed by atoms with Gasteiger partial charge in [-0.25, -0.2) is 8.78 Å². The van der Waals surface area contributed by atoms with Gasteiger partial charge in [0.2, 0.25) is 0 Å². The van der Waals surface area contributed by atoms with Crippen LogP contribution in [-0.4, -0.2) is 10.1 Å². The molecule has 1 aromatic heterocycles. The van der Waals surface area contributed by atoms with Crippen molar-refractivity contribution in [2.75, 3.05) is 0 Å². The van der Waals surface area contributed by atoms with E-state index in [2.05, 4.69) is 4.98 Å². The van der Waals surface area contributed by atoms with Crippen molar-refractivity contribution in [2.24, 2.45) is 0 Å². The van der Waals surface area contributed by atoms with Crippen LogP contribution in [0.15, 0.2) is 6.20 Å². The summed E-state index contributed by atoms with van der Waals surface area (Å²) in [6.45, 7) is 1.48. The summed E-state index contributed by atoms with van der Waals surface area (Å²) >= 11 is 0. The van der Waals surface area contributed by atoms with Crippen LogP contribution in [0.3, 0.4) is 0 Å². The number of nitriles is 1. The highest BCUT2D eigenvalue weighted by Crippen LogP contribution is 2.28. The van der Waals surface area contributed by atoms with E-state index in [0.29, 0.717) is 0 Å². The van der Waals surface area contributed by atoms with Crippen LogP contribution in [0.1, 0.15) is 23.2 Å². The third-order valence-electron chi connectivity index (χ3n) is 1.93. The predicted octanol–water partition coefficient (Wildman–Crippen LogP) is 2.10. The number of hydrogen-bond donors (Lipinski definition) is 1. The molecule has 0 aliphatic heterocycles. The van der Waals surface area contributed by atoms with Crippen LogP contribution in [0.5, 0.6) is 5.75 Å². The highest BCUT2D eigenvalue weighted by molar-refractivity contribution is 5.40. The summed E-state index contributed by atoms with van der Waals surface area (Å²) in [5.74, 6) is -0.167. The van der Waals surface area contributed by atoms with Gasteiger partial charge in [0.15, 0.2) is 0 Å². The Balaban J connectivity index is 3.31. The lowest BCUT2D eigenvalue weighted by Crippen LogP contribution is -2.00. The summed E-state index contributed by atoms with van der Waals surface area (Å²) in [4.78, 5) is 3.41. The van der Waals surface area contributed by atoms with Crippen molar-refractivity contribution in [1.29, 1.82) is 5.26 Å². The molecule has 14 heavy (non-hydrogen) atoms. The molecule has 0 saturated carbocycles. The van der Waals surface area contributed by atoms with Crippen LogP contribution in [-0.2, 0) is 6.42 Å². The van der Waals surface area contributed by atoms with E-state index in [4.69, 9.17) is 5.26 Å². The Kier molecular flexibility index (Phi) is 2.97. The lowest BCUT2D eigenvalue weighted by molar-refractivity contribution is 0.144. The summed E-state index contributed by atoms with van der Waals surface area (Å²) in [6, 6.07) is 1.76. The SMILES string of the molecule is Cc1c(O)cnc(C(F)F)c1CC#N. The number of halogens is 2. The Morgan fingerprint density at radius 2 is 2.29 bits per heavy atom. The van der Waals surface area contributed by atoms with Gasteiger partial charge in [0, 0.05) is 5.56 Å². The molecule has 0 radical (unpaired) electrons. The van der Waals surface area contributed by atoms with Gasteiger partial charge in [0.05, 0.1) is 18.7 Å². The average molecular weight is 198 g/mol. The first kappa shape index (κ1) is 10.4. The molecule has 74 valence electrons.